The van der Waals surface area contributed by atoms with Crippen LogP contribution < -0.4 is 9.64 Å². The molecule has 9 nitrogen and oxygen atoms in total. The number of piperidine rings is 1. The number of methoxy groups -OCH3 is 1. The van der Waals surface area contributed by atoms with Gasteiger partial charge in [-0.2, -0.15) is 0 Å². The summed E-state index contributed by atoms with van der Waals surface area (Å²) >= 11 is 0. The molecule has 2 aromatic heterocycles. The largest absolute Gasteiger partial charge is 0.497 e. The van der Waals surface area contributed by atoms with Crippen LogP contribution in [0.2, 0.25) is 0 Å². The summed E-state index contributed by atoms with van der Waals surface area (Å²) in [7, 11) is 1.59. The molecule has 184 valence electrons. The molecule has 0 atom stereocenters. The van der Waals surface area contributed by atoms with E-state index in [0.717, 1.165) is 22.3 Å². The number of hydrogen-bond donors (Lipinski definition) is 0. The van der Waals surface area contributed by atoms with Gasteiger partial charge in [0.05, 0.1) is 23.2 Å². The van der Waals surface area contributed by atoms with Gasteiger partial charge in [0.25, 0.3) is 0 Å². The molecule has 0 amide bonds. The van der Waals surface area contributed by atoms with E-state index in [-0.39, 0.29) is 10.6 Å². The zero-order chi connectivity index (χ0) is 25.3. The van der Waals surface area contributed by atoms with Crippen molar-refractivity contribution in [3.8, 4) is 5.75 Å². The van der Waals surface area contributed by atoms with Crippen molar-refractivity contribution in [1.29, 1.82) is 0 Å². The van der Waals surface area contributed by atoms with Gasteiger partial charge in [0.2, 0.25) is 5.82 Å². The quantitative estimate of drug-likeness (QED) is 0.349. The lowest BCUT2D eigenvalue weighted by Crippen LogP contribution is -2.32. The smallest absolute Gasteiger partial charge is 0.419 e. The average molecular weight is 479 g/mol. The van der Waals surface area contributed by atoms with Crippen LogP contribution in [-0.4, -0.2) is 46.4 Å². The van der Waals surface area contributed by atoms with Crippen molar-refractivity contribution in [3.63, 3.8) is 0 Å². The number of carbonyl (C=O) groups is 1. The molecule has 0 spiro atoms. The minimum atomic E-state index is -0.641. The van der Waals surface area contributed by atoms with E-state index in [1.54, 1.807) is 17.7 Å². The first kappa shape index (κ1) is 24.3. The second kappa shape index (κ2) is 9.40. The van der Waals surface area contributed by atoms with Gasteiger partial charge in [-0.15, -0.1) is 0 Å². The van der Waals surface area contributed by atoms with Crippen LogP contribution >= 0.6 is 0 Å². The molecular weight excluding hydrogens is 448 g/mol. The van der Waals surface area contributed by atoms with Crippen LogP contribution in [0.1, 0.15) is 45.0 Å². The van der Waals surface area contributed by atoms with E-state index in [9.17, 15) is 14.9 Å². The summed E-state index contributed by atoms with van der Waals surface area (Å²) in [6.07, 6.45) is 2.97. The second-order valence-electron chi connectivity index (χ2n) is 9.65. The zero-order valence-electron chi connectivity index (χ0n) is 20.7. The molecule has 9 heteroatoms. The van der Waals surface area contributed by atoms with Gasteiger partial charge in [0, 0.05) is 36.3 Å². The molecule has 4 rings (SSSR count). The number of aromatic nitrogens is 2. The number of anilines is 1. The van der Waals surface area contributed by atoms with E-state index in [2.05, 4.69) is 4.98 Å². The standard InChI is InChI=1S/C26H30N4O5/c1-17-6-9-22(30(32)33)24(27-17)28-12-10-18(11-13-28)14-20-15-19-7-8-21(34-5)16-23(19)29(20)25(31)35-26(2,3)4/h6-9,14-16H,10-13H2,1-5H3. The fraction of sp³-hybridized carbons (Fsp3) is 0.385. The predicted octanol–water partition coefficient (Wildman–Crippen LogP) is 5.73. The molecule has 3 aromatic rings. The monoisotopic (exact) mass is 478 g/mol. The number of hydrogen-bond acceptors (Lipinski definition) is 7. The fourth-order valence-electron chi connectivity index (χ4n) is 4.22. The third kappa shape index (κ3) is 5.29. The molecule has 0 N–H and O–H groups in total. The minimum Gasteiger partial charge on any atom is -0.497 e. The summed E-state index contributed by atoms with van der Waals surface area (Å²) in [4.78, 5) is 30.6. The molecule has 35 heavy (non-hydrogen) atoms. The van der Waals surface area contributed by atoms with E-state index in [0.29, 0.717) is 43.0 Å². The summed E-state index contributed by atoms with van der Waals surface area (Å²) < 4.78 is 12.6. The van der Waals surface area contributed by atoms with Gasteiger partial charge >= 0.3 is 11.8 Å². The Morgan fingerprint density at radius 3 is 2.49 bits per heavy atom. The summed E-state index contributed by atoms with van der Waals surface area (Å²) in [6.45, 7) is 8.54. The molecular formula is C26H30N4O5. The third-order valence-electron chi connectivity index (χ3n) is 5.86. The van der Waals surface area contributed by atoms with Crippen LogP contribution in [0.3, 0.4) is 0 Å². The van der Waals surface area contributed by atoms with E-state index < -0.39 is 11.7 Å². The Morgan fingerprint density at radius 1 is 1.14 bits per heavy atom. The highest BCUT2D eigenvalue weighted by Crippen LogP contribution is 2.32. The average Bonchev–Trinajstić information content (AvgIpc) is 3.15. The molecule has 0 saturated carbocycles. The summed E-state index contributed by atoms with van der Waals surface area (Å²) in [6, 6.07) is 10.7. The van der Waals surface area contributed by atoms with E-state index >= 15 is 0 Å². The molecule has 0 radical (unpaired) electrons. The first-order valence-corrected chi connectivity index (χ1v) is 11.5. The van der Waals surface area contributed by atoms with Crippen LogP contribution in [-0.2, 0) is 4.74 Å². The molecule has 0 unspecified atom stereocenters. The lowest BCUT2D eigenvalue weighted by Gasteiger charge is -2.29. The highest BCUT2D eigenvalue weighted by molar-refractivity contribution is 5.94. The molecule has 0 aliphatic carbocycles. The lowest BCUT2D eigenvalue weighted by atomic mass is 10.0. The van der Waals surface area contributed by atoms with Crippen molar-refractivity contribution >= 4 is 34.6 Å². The van der Waals surface area contributed by atoms with Crippen LogP contribution in [0.4, 0.5) is 16.3 Å². The van der Waals surface area contributed by atoms with Crippen molar-refractivity contribution < 1.29 is 19.2 Å². The molecule has 0 bridgehead atoms. The van der Waals surface area contributed by atoms with Gasteiger partial charge in [-0.1, -0.05) is 5.57 Å². The van der Waals surface area contributed by atoms with Gasteiger partial charge in [-0.05, 0) is 70.9 Å². The molecule has 1 aliphatic heterocycles. The highest BCUT2D eigenvalue weighted by atomic mass is 16.6. The number of rotatable bonds is 4. The van der Waals surface area contributed by atoms with Crippen molar-refractivity contribution in [1.82, 2.24) is 9.55 Å². The summed E-state index contributed by atoms with van der Waals surface area (Å²) in [5.74, 6) is 1.06. The Kier molecular flexibility index (Phi) is 6.51. The van der Waals surface area contributed by atoms with Gasteiger partial charge in [-0.25, -0.2) is 14.3 Å². The zero-order valence-corrected chi connectivity index (χ0v) is 20.7. The van der Waals surface area contributed by atoms with Gasteiger partial charge in [0.15, 0.2) is 0 Å². The Hall–Kier alpha value is -3.88. The Bertz CT molecular complexity index is 1310. The maximum absolute atomic E-state index is 13.2. The molecule has 1 aromatic carbocycles. The van der Waals surface area contributed by atoms with Crippen LogP contribution in [0.15, 0.2) is 42.0 Å². The van der Waals surface area contributed by atoms with Crippen molar-refractivity contribution in [2.24, 2.45) is 0 Å². The number of fused-ring (bicyclic) bond motifs is 1. The minimum absolute atomic E-state index is 0.0158. The fourth-order valence-corrected chi connectivity index (χ4v) is 4.22. The maximum Gasteiger partial charge on any atom is 0.419 e. The molecule has 1 saturated heterocycles. The van der Waals surface area contributed by atoms with Gasteiger partial charge < -0.3 is 14.4 Å². The van der Waals surface area contributed by atoms with E-state index in [1.807, 2.05) is 62.9 Å². The number of nitrogens with zero attached hydrogens (tertiary/aromatic N) is 4. The van der Waals surface area contributed by atoms with Crippen LogP contribution in [0, 0.1) is 17.0 Å². The number of nitro groups is 1. The molecule has 3 heterocycles. The maximum atomic E-state index is 13.2. The Morgan fingerprint density at radius 2 is 1.86 bits per heavy atom. The molecule has 1 fully saturated rings. The number of ether oxygens (including phenoxy) is 2. The second-order valence-corrected chi connectivity index (χ2v) is 9.65. The van der Waals surface area contributed by atoms with E-state index in [4.69, 9.17) is 9.47 Å². The number of aryl methyl sites for hydroxylation is 1. The molecule has 1 aliphatic rings. The SMILES string of the molecule is COc1ccc2cc(C=C3CCN(c4nc(C)ccc4[N+](=O)[O-])CC3)n(C(=O)OC(C)(C)C)c2c1. The number of pyridine rings is 1. The highest BCUT2D eigenvalue weighted by Gasteiger charge is 2.26. The van der Waals surface area contributed by atoms with Crippen molar-refractivity contribution in [2.75, 3.05) is 25.1 Å². The normalized spacial score (nSPS) is 14.2. The topological polar surface area (TPSA) is 99.7 Å². The predicted molar refractivity (Wildman–Crippen MR) is 135 cm³/mol. The third-order valence-corrected chi connectivity index (χ3v) is 5.86. The van der Waals surface area contributed by atoms with Crippen molar-refractivity contribution in [2.45, 2.75) is 46.1 Å². The number of benzene rings is 1. The lowest BCUT2D eigenvalue weighted by molar-refractivity contribution is -0.384. The van der Waals surface area contributed by atoms with Crippen LogP contribution in [0.5, 0.6) is 5.75 Å². The summed E-state index contributed by atoms with van der Waals surface area (Å²) in [5.41, 5.74) is 2.70. The van der Waals surface area contributed by atoms with Gasteiger partial charge in [-0.3, -0.25) is 10.1 Å². The first-order valence-electron chi connectivity index (χ1n) is 11.5. The van der Waals surface area contributed by atoms with Gasteiger partial charge in [0.1, 0.15) is 11.4 Å². The first-order chi connectivity index (χ1) is 16.6. The Balaban J connectivity index is 1.65. The summed E-state index contributed by atoms with van der Waals surface area (Å²) in [5, 5.41) is 12.4. The Labute approximate surface area is 204 Å². The van der Waals surface area contributed by atoms with Crippen LogP contribution in [0.25, 0.3) is 17.0 Å². The van der Waals surface area contributed by atoms with E-state index in [1.165, 1.54) is 6.07 Å². The number of carbonyl (C=O) groups excluding carboxylic acids is 1. The van der Waals surface area contributed by atoms with Crippen molar-refractivity contribution in [3.05, 3.63) is 63.5 Å².